The Labute approximate surface area is 104 Å². The first kappa shape index (κ1) is 12.6. The highest BCUT2D eigenvalue weighted by Gasteiger charge is 2.15. The number of aryl methyl sites for hydroxylation is 1. The number of benzene rings is 1. The molecule has 0 aliphatic heterocycles. The topological polar surface area (TPSA) is 37.8 Å². The number of rotatable bonds is 3. The summed E-state index contributed by atoms with van der Waals surface area (Å²) in [5, 5.41) is 3.01. The summed E-state index contributed by atoms with van der Waals surface area (Å²) >= 11 is 0. The molecule has 0 aliphatic rings. The maximum absolute atomic E-state index is 13.2. The van der Waals surface area contributed by atoms with Gasteiger partial charge in [-0.1, -0.05) is 6.07 Å². The smallest absolute Gasteiger partial charge is 0.159 e. The van der Waals surface area contributed by atoms with E-state index in [2.05, 4.69) is 15.3 Å². The molecule has 1 aromatic heterocycles. The van der Waals surface area contributed by atoms with Crippen molar-refractivity contribution in [3.05, 3.63) is 59.2 Å². The largest absolute Gasteiger partial charge is 0.308 e. The molecule has 2 aromatic rings. The Hall–Kier alpha value is -1.88. The zero-order chi connectivity index (χ0) is 13.1. The second-order valence-electron chi connectivity index (χ2n) is 3.98. The van der Waals surface area contributed by atoms with Crippen molar-refractivity contribution in [2.45, 2.75) is 13.0 Å². The highest BCUT2D eigenvalue weighted by Crippen LogP contribution is 2.21. The molecule has 1 aromatic carbocycles. The van der Waals surface area contributed by atoms with E-state index in [1.54, 1.807) is 19.4 Å². The molecule has 1 unspecified atom stereocenters. The van der Waals surface area contributed by atoms with E-state index in [0.29, 0.717) is 11.3 Å². The van der Waals surface area contributed by atoms with Gasteiger partial charge in [0.2, 0.25) is 0 Å². The summed E-state index contributed by atoms with van der Waals surface area (Å²) in [5.41, 5.74) is 2.07. The third kappa shape index (κ3) is 2.51. The van der Waals surface area contributed by atoms with Gasteiger partial charge in [0.15, 0.2) is 11.6 Å². The minimum Gasteiger partial charge on any atom is -0.308 e. The van der Waals surface area contributed by atoms with E-state index in [1.165, 1.54) is 6.07 Å². The fourth-order valence-corrected chi connectivity index (χ4v) is 1.73. The van der Waals surface area contributed by atoms with Crippen molar-refractivity contribution in [2.24, 2.45) is 0 Å². The molecule has 0 fully saturated rings. The third-order valence-electron chi connectivity index (χ3n) is 2.66. The highest BCUT2D eigenvalue weighted by molar-refractivity contribution is 5.27. The van der Waals surface area contributed by atoms with E-state index >= 15 is 0 Å². The summed E-state index contributed by atoms with van der Waals surface area (Å²) in [4.78, 5) is 8.38. The summed E-state index contributed by atoms with van der Waals surface area (Å²) in [7, 11) is 1.73. The lowest BCUT2D eigenvalue weighted by molar-refractivity contribution is 0.504. The van der Waals surface area contributed by atoms with E-state index in [4.69, 9.17) is 0 Å². The maximum atomic E-state index is 13.2. The molecule has 0 aliphatic carbocycles. The predicted molar refractivity (Wildman–Crippen MR) is 64.0 cm³/mol. The lowest BCUT2D eigenvalue weighted by Gasteiger charge is -2.16. The number of aromatic nitrogens is 2. The summed E-state index contributed by atoms with van der Waals surface area (Å²) in [6, 6.07) is 3.49. The Bertz CT molecular complexity index is 540. The average molecular weight is 249 g/mol. The van der Waals surface area contributed by atoms with Gasteiger partial charge in [0.25, 0.3) is 0 Å². The molecule has 0 amide bonds. The zero-order valence-electron chi connectivity index (χ0n) is 10.1. The van der Waals surface area contributed by atoms with Gasteiger partial charge in [-0.2, -0.15) is 0 Å². The lowest BCUT2D eigenvalue weighted by Crippen LogP contribution is -2.19. The fraction of sp³-hybridized carbons (Fsp3) is 0.231. The van der Waals surface area contributed by atoms with Crippen molar-refractivity contribution in [1.82, 2.24) is 15.3 Å². The second-order valence-corrected chi connectivity index (χ2v) is 3.98. The van der Waals surface area contributed by atoms with Crippen LogP contribution in [-0.4, -0.2) is 17.0 Å². The first-order valence-electron chi connectivity index (χ1n) is 5.52. The number of nitrogens with one attached hydrogen (secondary N) is 1. The molecule has 18 heavy (non-hydrogen) atoms. The first-order chi connectivity index (χ1) is 8.61. The van der Waals surface area contributed by atoms with Crippen LogP contribution in [0.2, 0.25) is 0 Å². The van der Waals surface area contributed by atoms with Gasteiger partial charge < -0.3 is 5.32 Å². The van der Waals surface area contributed by atoms with Gasteiger partial charge in [-0.25, -0.2) is 8.78 Å². The van der Waals surface area contributed by atoms with Gasteiger partial charge in [-0.05, 0) is 31.7 Å². The monoisotopic (exact) mass is 249 g/mol. The third-order valence-corrected chi connectivity index (χ3v) is 2.66. The Kier molecular flexibility index (Phi) is 3.62. The van der Waals surface area contributed by atoms with Crippen LogP contribution in [0.25, 0.3) is 0 Å². The van der Waals surface area contributed by atoms with Crippen LogP contribution in [-0.2, 0) is 0 Å². The zero-order valence-corrected chi connectivity index (χ0v) is 10.1. The van der Waals surface area contributed by atoms with E-state index in [1.807, 2.05) is 6.92 Å². The number of hydrogen-bond acceptors (Lipinski definition) is 3. The number of halogens is 2. The molecule has 1 N–H and O–H groups in total. The normalized spacial score (nSPS) is 12.4. The summed E-state index contributed by atoms with van der Waals surface area (Å²) in [6.07, 6.45) is 3.26. The molecule has 0 bridgehead atoms. The van der Waals surface area contributed by atoms with Crippen LogP contribution in [0.4, 0.5) is 8.78 Å². The molecule has 0 spiro atoms. The Balaban J connectivity index is 2.38. The van der Waals surface area contributed by atoms with Crippen LogP contribution in [0, 0.1) is 18.6 Å². The highest BCUT2D eigenvalue weighted by atomic mass is 19.2. The van der Waals surface area contributed by atoms with Gasteiger partial charge in [-0.15, -0.1) is 0 Å². The minimum absolute atomic E-state index is 0.312. The lowest BCUT2D eigenvalue weighted by atomic mass is 10.0. The summed E-state index contributed by atoms with van der Waals surface area (Å²) < 4.78 is 26.1. The molecule has 1 atom stereocenters. The van der Waals surface area contributed by atoms with Crippen molar-refractivity contribution in [2.75, 3.05) is 7.05 Å². The van der Waals surface area contributed by atoms with Crippen LogP contribution in [0.15, 0.2) is 30.6 Å². The van der Waals surface area contributed by atoms with Crippen LogP contribution < -0.4 is 5.32 Å². The Morgan fingerprint density at radius 2 is 1.89 bits per heavy atom. The van der Waals surface area contributed by atoms with Crippen molar-refractivity contribution < 1.29 is 8.78 Å². The molecule has 0 saturated carbocycles. The van der Waals surface area contributed by atoms with E-state index < -0.39 is 11.6 Å². The predicted octanol–water partition coefficient (Wildman–Crippen LogP) is 2.37. The van der Waals surface area contributed by atoms with E-state index in [0.717, 1.165) is 17.8 Å². The quantitative estimate of drug-likeness (QED) is 0.907. The van der Waals surface area contributed by atoms with E-state index in [9.17, 15) is 8.78 Å². The van der Waals surface area contributed by atoms with Crippen molar-refractivity contribution in [1.29, 1.82) is 0 Å². The van der Waals surface area contributed by atoms with Crippen molar-refractivity contribution in [3.8, 4) is 0 Å². The maximum Gasteiger partial charge on any atom is 0.159 e. The van der Waals surface area contributed by atoms with Gasteiger partial charge in [0.1, 0.15) is 0 Å². The van der Waals surface area contributed by atoms with Gasteiger partial charge in [0.05, 0.1) is 23.6 Å². The molecule has 0 radical (unpaired) electrons. The van der Waals surface area contributed by atoms with Crippen molar-refractivity contribution >= 4 is 0 Å². The number of hydrogen-bond donors (Lipinski definition) is 1. The molecule has 5 heteroatoms. The van der Waals surface area contributed by atoms with Crippen LogP contribution in [0.5, 0.6) is 0 Å². The molecule has 0 saturated heterocycles. The SMILES string of the molecule is CNC(c1ccc(F)c(F)c1)c1cnc(C)cn1. The average Bonchev–Trinajstić information content (AvgIpc) is 2.37. The molecule has 2 rings (SSSR count). The fourth-order valence-electron chi connectivity index (χ4n) is 1.73. The first-order valence-corrected chi connectivity index (χ1v) is 5.52. The number of nitrogens with zero attached hydrogens (tertiary/aromatic N) is 2. The van der Waals surface area contributed by atoms with Crippen LogP contribution in [0.1, 0.15) is 23.0 Å². The van der Waals surface area contributed by atoms with Crippen molar-refractivity contribution in [3.63, 3.8) is 0 Å². The van der Waals surface area contributed by atoms with Gasteiger partial charge >= 0.3 is 0 Å². The Morgan fingerprint density at radius 3 is 2.44 bits per heavy atom. The summed E-state index contributed by atoms with van der Waals surface area (Å²) in [5.74, 6) is -1.73. The standard InChI is InChI=1S/C13H13F2N3/c1-8-6-18-12(7-17-8)13(16-2)9-3-4-10(14)11(15)5-9/h3-7,13,16H,1-2H3. The molecular formula is C13H13F2N3. The molecular weight excluding hydrogens is 236 g/mol. The second kappa shape index (κ2) is 5.18. The van der Waals surface area contributed by atoms with E-state index in [-0.39, 0.29) is 6.04 Å². The van der Waals surface area contributed by atoms with Crippen LogP contribution in [0.3, 0.4) is 0 Å². The molecule has 94 valence electrons. The van der Waals surface area contributed by atoms with Crippen LogP contribution >= 0.6 is 0 Å². The molecule has 1 heterocycles. The minimum atomic E-state index is -0.868. The summed E-state index contributed by atoms with van der Waals surface area (Å²) in [6.45, 7) is 1.84. The van der Waals surface area contributed by atoms with Gasteiger partial charge in [-0.3, -0.25) is 9.97 Å². The molecule has 3 nitrogen and oxygen atoms in total. The van der Waals surface area contributed by atoms with Gasteiger partial charge in [0, 0.05) is 6.20 Å². The Morgan fingerprint density at radius 1 is 1.11 bits per heavy atom.